The number of carbonyl (C=O) groups excluding carboxylic acids is 1. The van der Waals surface area contributed by atoms with Gasteiger partial charge >= 0.3 is 0 Å². The van der Waals surface area contributed by atoms with Crippen molar-refractivity contribution in [3.05, 3.63) is 58.3 Å². The van der Waals surface area contributed by atoms with Gasteiger partial charge in [-0.1, -0.05) is 35.3 Å². The lowest BCUT2D eigenvalue weighted by atomic mass is 10.3. The standard InChI is InChI=1S/C20H20Cl2N4O2/c21-14-5-6-18(15(22)11-14)28-13-20(27)26-9-7-25(8-10-26)12-19-23-16-3-1-2-4-17(16)24-19/h1-6,11H,7-10,12-13H2,(H,23,24). The van der Waals surface area contributed by atoms with Crippen LogP contribution in [0.25, 0.3) is 11.0 Å². The summed E-state index contributed by atoms with van der Waals surface area (Å²) in [7, 11) is 0. The number of H-pyrrole nitrogens is 1. The predicted octanol–water partition coefficient (Wildman–Crippen LogP) is 3.59. The highest BCUT2D eigenvalue weighted by Crippen LogP contribution is 2.27. The van der Waals surface area contributed by atoms with E-state index in [0.29, 0.717) is 28.9 Å². The fraction of sp³-hybridized carbons (Fsp3) is 0.300. The molecule has 4 rings (SSSR count). The van der Waals surface area contributed by atoms with E-state index >= 15 is 0 Å². The Morgan fingerprint density at radius 2 is 1.89 bits per heavy atom. The number of carbonyl (C=O) groups is 1. The molecule has 0 unspecified atom stereocenters. The topological polar surface area (TPSA) is 61.5 Å². The number of para-hydroxylation sites is 2. The van der Waals surface area contributed by atoms with Crippen LogP contribution in [0.3, 0.4) is 0 Å². The maximum Gasteiger partial charge on any atom is 0.260 e. The molecule has 0 spiro atoms. The minimum atomic E-state index is -0.0468. The van der Waals surface area contributed by atoms with E-state index in [1.54, 1.807) is 18.2 Å². The number of amides is 1. The second-order valence-corrected chi connectivity index (χ2v) is 7.56. The molecule has 28 heavy (non-hydrogen) atoms. The van der Waals surface area contributed by atoms with Crippen LogP contribution in [-0.2, 0) is 11.3 Å². The van der Waals surface area contributed by atoms with Crippen LogP contribution in [0.5, 0.6) is 5.75 Å². The molecular formula is C20H20Cl2N4O2. The molecular weight excluding hydrogens is 399 g/mol. The first kappa shape index (κ1) is 19.1. The predicted molar refractivity (Wildman–Crippen MR) is 110 cm³/mol. The van der Waals surface area contributed by atoms with Gasteiger partial charge in [0.1, 0.15) is 11.6 Å². The molecule has 1 saturated heterocycles. The Morgan fingerprint density at radius 1 is 1.11 bits per heavy atom. The van der Waals surface area contributed by atoms with Gasteiger partial charge in [-0.05, 0) is 30.3 Å². The van der Waals surface area contributed by atoms with E-state index < -0.39 is 0 Å². The maximum absolute atomic E-state index is 12.4. The van der Waals surface area contributed by atoms with Gasteiger partial charge < -0.3 is 14.6 Å². The number of hydrogen-bond acceptors (Lipinski definition) is 4. The van der Waals surface area contributed by atoms with E-state index in [-0.39, 0.29) is 12.5 Å². The molecule has 8 heteroatoms. The SMILES string of the molecule is O=C(COc1ccc(Cl)cc1Cl)N1CCN(Cc2nc3ccccc3[nH]2)CC1. The zero-order chi connectivity index (χ0) is 19.5. The molecule has 0 radical (unpaired) electrons. The van der Waals surface area contributed by atoms with Crippen LogP contribution in [0.2, 0.25) is 10.0 Å². The minimum Gasteiger partial charge on any atom is -0.482 e. The Kier molecular flexibility index (Phi) is 5.71. The summed E-state index contributed by atoms with van der Waals surface area (Å²) in [6.45, 7) is 3.63. The highest BCUT2D eigenvalue weighted by atomic mass is 35.5. The van der Waals surface area contributed by atoms with Gasteiger partial charge in [-0.2, -0.15) is 0 Å². The summed E-state index contributed by atoms with van der Waals surface area (Å²) in [5.41, 5.74) is 2.02. The number of fused-ring (bicyclic) bond motifs is 1. The number of hydrogen-bond donors (Lipinski definition) is 1. The molecule has 6 nitrogen and oxygen atoms in total. The van der Waals surface area contributed by atoms with Gasteiger partial charge in [-0.25, -0.2) is 4.98 Å². The largest absolute Gasteiger partial charge is 0.482 e. The number of imidazole rings is 1. The minimum absolute atomic E-state index is 0.0368. The third-order valence-corrected chi connectivity index (χ3v) is 5.31. The Hall–Kier alpha value is -2.28. The molecule has 3 aromatic rings. The second-order valence-electron chi connectivity index (χ2n) is 6.72. The fourth-order valence-corrected chi connectivity index (χ4v) is 3.73. The van der Waals surface area contributed by atoms with E-state index in [4.69, 9.17) is 27.9 Å². The van der Waals surface area contributed by atoms with Crippen LogP contribution in [0.15, 0.2) is 42.5 Å². The Morgan fingerprint density at radius 3 is 2.64 bits per heavy atom. The maximum atomic E-state index is 12.4. The van der Waals surface area contributed by atoms with Gasteiger partial charge in [0.2, 0.25) is 0 Å². The number of nitrogens with zero attached hydrogens (tertiary/aromatic N) is 3. The Bertz CT molecular complexity index is 950. The lowest BCUT2D eigenvalue weighted by Crippen LogP contribution is -2.49. The lowest BCUT2D eigenvalue weighted by molar-refractivity contribution is -0.135. The van der Waals surface area contributed by atoms with Gasteiger partial charge in [0, 0.05) is 31.2 Å². The molecule has 1 aromatic heterocycles. The van der Waals surface area contributed by atoms with Crippen molar-refractivity contribution in [1.82, 2.24) is 19.8 Å². The quantitative estimate of drug-likeness (QED) is 0.687. The lowest BCUT2D eigenvalue weighted by Gasteiger charge is -2.34. The Labute approximate surface area is 173 Å². The van der Waals surface area contributed by atoms with Crippen LogP contribution in [0.1, 0.15) is 5.82 Å². The molecule has 1 N–H and O–H groups in total. The number of rotatable bonds is 5. The van der Waals surface area contributed by atoms with Crippen LogP contribution in [0.4, 0.5) is 0 Å². The summed E-state index contributed by atoms with van der Waals surface area (Å²) in [5.74, 6) is 1.36. The summed E-state index contributed by atoms with van der Waals surface area (Å²) in [4.78, 5) is 24.5. The Balaban J connectivity index is 1.26. The van der Waals surface area contributed by atoms with Crippen molar-refractivity contribution < 1.29 is 9.53 Å². The van der Waals surface area contributed by atoms with Crippen LogP contribution in [-0.4, -0.2) is 58.5 Å². The molecule has 2 aromatic carbocycles. The molecule has 0 aliphatic carbocycles. The molecule has 0 bridgehead atoms. The first-order chi connectivity index (χ1) is 13.6. The summed E-state index contributed by atoms with van der Waals surface area (Å²) in [6.07, 6.45) is 0. The molecule has 0 saturated carbocycles. The van der Waals surface area contributed by atoms with Crippen molar-refractivity contribution in [3.63, 3.8) is 0 Å². The van der Waals surface area contributed by atoms with Crippen LogP contribution >= 0.6 is 23.2 Å². The van der Waals surface area contributed by atoms with Crippen LogP contribution < -0.4 is 4.74 Å². The van der Waals surface area contributed by atoms with Crippen molar-refractivity contribution >= 4 is 40.1 Å². The first-order valence-electron chi connectivity index (χ1n) is 9.10. The highest BCUT2D eigenvalue weighted by molar-refractivity contribution is 6.35. The summed E-state index contributed by atoms with van der Waals surface area (Å²) in [5, 5.41) is 0.931. The number of halogens is 2. The number of piperazine rings is 1. The van der Waals surface area contributed by atoms with E-state index in [1.807, 2.05) is 29.2 Å². The van der Waals surface area contributed by atoms with Crippen molar-refractivity contribution in [1.29, 1.82) is 0 Å². The van der Waals surface area contributed by atoms with E-state index in [2.05, 4.69) is 14.9 Å². The van der Waals surface area contributed by atoms with Gasteiger partial charge in [0.05, 0.1) is 22.6 Å². The third kappa shape index (κ3) is 4.41. The summed E-state index contributed by atoms with van der Waals surface area (Å²) < 4.78 is 5.55. The second kappa shape index (κ2) is 8.39. The first-order valence-corrected chi connectivity index (χ1v) is 9.86. The van der Waals surface area contributed by atoms with Crippen molar-refractivity contribution in [3.8, 4) is 5.75 Å². The number of aromatic nitrogens is 2. The van der Waals surface area contributed by atoms with Gasteiger partial charge in [0.15, 0.2) is 6.61 Å². The van der Waals surface area contributed by atoms with Gasteiger partial charge in [-0.3, -0.25) is 9.69 Å². The van der Waals surface area contributed by atoms with Crippen molar-refractivity contribution in [2.75, 3.05) is 32.8 Å². The average Bonchev–Trinajstić information content (AvgIpc) is 3.10. The molecule has 1 amide bonds. The van der Waals surface area contributed by atoms with Gasteiger partial charge in [0.25, 0.3) is 5.91 Å². The molecule has 1 aliphatic rings. The molecule has 2 heterocycles. The normalized spacial score (nSPS) is 15.1. The molecule has 1 fully saturated rings. The van der Waals surface area contributed by atoms with E-state index in [9.17, 15) is 4.79 Å². The van der Waals surface area contributed by atoms with Crippen LogP contribution in [0, 0.1) is 0 Å². The molecule has 0 atom stereocenters. The number of nitrogens with one attached hydrogen (secondary N) is 1. The zero-order valence-corrected chi connectivity index (χ0v) is 16.7. The smallest absolute Gasteiger partial charge is 0.260 e. The number of ether oxygens (including phenoxy) is 1. The summed E-state index contributed by atoms with van der Waals surface area (Å²) >= 11 is 11.9. The highest BCUT2D eigenvalue weighted by Gasteiger charge is 2.22. The third-order valence-electron chi connectivity index (χ3n) is 4.78. The fourth-order valence-electron chi connectivity index (χ4n) is 3.27. The van der Waals surface area contributed by atoms with Crippen molar-refractivity contribution in [2.24, 2.45) is 0 Å². The zero-order valence-electron chi connectivity index (χ0n) is 15.2. The average molecular weight is 419 g/mol. The summed E-state index contributed by atoms with van der Waals surface area (Å²) in [6, 6.07) is 13.0. The van der Waals surface area contributed by atoms with E-state index in [0.717, 1.165) is 36.5 Å². The monoisotopic (exact) mass is 418 g/mol. The van der Waals surface area contributed by atoms with E-state index in [1.165, 1.54) is 0 Å². The molecule has 1 aliphatic heterocycles. The van der Waals surface area contributed by atoms with Crippen molar-refractivity contribution in [2.45, 2.75) is 6.54 Å². The van der Waals surface area contributed by atoms with Gasteiger partial charge in [-0.15, -0.1) is 0 Å². The number of benzene rings is 2. The number of aromatic amines is 1. The molecule has 146 valence electrons.